The van der Waals surface area contributed by atoms with Crippen molar-refractivity contribution in [3.8, 4) is 0 Å². The average molecular weight is 198 g/mol. The van der Waals surface area contributed by atoms with Crippen LogP contribution in [0, 0.1) is 10.1 Å². The fourth-order valence-corrected chi connectivity index (χ4v) is 1.08. The monoisotopic (exact) mass is 198 g/mol. The molecule has 0 bridgehead atoms. The molecule has 0 spiro atoms. The van der Waals surface area contributed by atoms with E-state index in [1.807, 2.05) is 0 Å². The zero-order valence-corrected chi connectivity index (χ0v) is 7.80. The summed E-state index contributed by atoms with van der Waals surface area (Å²) < 4.78 is 1.21. The van der Waals surface area contributed by atoms with Gasteiger partial charge in [0.05, 0.1) is 0 Å². The number of carbonyl (C=O) groups excluding carboxylic acids is 1. The maximum absolute atomic E-state index is 11.2. The summed E-state index contributed by atoms with van der Waals surface area (Å²) in [4.78, 5) is 24.6. The maximum atomic E-state index is 11.2. The van der Waals surface area contributed by atoms with Crippen LogP contribution in [0.25, 0.3) is 0 Å². The highest BCUT2D eigenvalue weighted by molar-refractivity contribution is 5.79. The molecule has 1 heterocycles. The Morgan fingerprint density at radius 1 is 1.79 bits per heavy atom. The number of nitrogens with zero attached hydrogens (tertiary/aromatic N) is 3. The predicted octanol–water partition coefficient (Wildman–Crippen LogP) is 0.0983. The molecule has 76 valence electrons. The highest BCUT2D eigenvalue weighted by Crippen LogP contribution is 2.14. The third kappa shape index (κ3) is 1.70. The first-order valence-corrected chi connectivity index (χ1v) is 3.96. The third-order valence-corrected chi connectivity index (χ3v) is 1.85. The number of rotatable bonds is 3. The summed E-state index contributed by atoms with van der Waals surface area (Å²) in [5.41, 5.74) is 0. The number of nitro groups is 1. The molecule has 0 fully saturated rings. The maximum Gasteiger partial charge on any atom is 0.435 e. The minimum atomic E-state index is -0.636. The Morgan fingerprint density at radius 3 is 2.93 bits per heavy atom. The first-order chi connectivity index (χ1) is 6.57. The minimum Gasteiger partial charge on any atom is -0.390 e. The lowest BCUT2D eigenvalue weighted by molar-refractivity contribution is -0.397. The highest BCUT2D eigenvalue weighted by atomic mass is 16.6. The molecule has 7 nitrogen and oxygen atoms in total. The number of amides is 1. The molecule has 7 heteroatoms. The van der Waals surface area contributed by atoms with Crippen molar-refractivity contribution in [3.05, 3.63) is 22.5 Å². The molecule has 1 unspecified atom stereocenters. The number of likely N-dealkylation sites (N-methyl/N-ethyl adjacent to an activating group) is 1. The molecule has 1 aromatic rings. The summed E-state index contributed by atoms with van der Waals surface area (Å²) in [7, 11) is 1.47. The summed E-state index contributed by atoms with van der Waals surface area (Å²) in [6.45, 7) is 1.56. The van der Waals surface area contributed by atoms with Crippen LogP contribution in [-0.4, -0.2) is 27.4 Å². The standard InChI is InChI=1S/C7H10N4O3/c1-5(6(12)8-2)10-4-3-9-7(10)11(13)14/h3-5H,1-2H3,(H,8,12). The smallest absolute Gasteiger partial charge is 0.390 e. The zero-order valence-electron chi connectivity index (χ0n) is 7.80. The predicted molar refractivity (Wildman–Crippen MR) is 47.7 cm³/mol. The quantitative estimate of drug-likeness (QED) is 0.550. The Kier molecular flexibility index (Phi) is 2.80. The number of imidazole rings is 1. The normalized spacial score (nSPS) is 12.1. The average Bonchev–Trinajstić information content (AvgIpc) is 2.63. The van der Waals surface area contributed by atoms with Gasteiger partial charge in [-0.1, -0.05) is 4.98 Å². The van der Waals surface area contributed by atoms with Crippen molar-refractivity contribution in [2.45, 2.75) is 13.0 Å². The van der Waals surface area contributed by atoms with Crippen molar-refractivity contribution in [2.75, 3.05) is 7.05 Å². The van der Waals surface area contributed by atoms with Gasteiger partial charge in [-0.25, -0.2) is 4.57 Å². The van der Waals surface area contributed by atoms with Crippen LogP contribution in [0.4, 0.5) is 5.95 Å². The Balaban J connectivity index is 3.00. The SMILES string of the molecule is CNC(=O)C(C)n1ccnc1[N+](=O)[O-]. The Hall–Kier alpha value is -1.92. The van der Waals surface area contributed by atoms with Crippen LogP contribution in [0.1, 0.15) is 13.0 Å². The Morgan fingerprint density at radius 2 is 2.43 bits per heavy atom. The van der Waals surface area contributed by atoms with E-state index in [1.54, 1.807) is 6.92 Å². The van der Waals surface area contributed by atoms with Gasteiger partial charge in [0, 0.05) is 7.05 Å². The molecule has 1 rings (SSSR count). The van der Waals surface area contributed by atoms with Crippen molar-refractivity contribution in [2.24, 2.45) is 0 Å². The molecule has 14 heavy (non-hydrogen) atoms. The van der Waals surface area contributed by atoms with Gasteiger partial charge in [-0.05, 0) is 11.8 Å². The van der Waals surface area contributed by atoms with Crippen molar-refractivity contribution in [1.29, 1.82) is 0 Å². The van der Waals surface area contributed by atoms with Crippen molar-refractivity contribution in [3.63, 3.8) is 0 Å². The second-order valence-corrected chi connectivity index (χ2v) is 2.68. The van der Waals surface area contributed by atoms with Crippen LogP contribution in [0.15, 0.2) is 12.4 Å². The number of aromatic nitrogens is 2. The lowest BCUT2D eigenvalue weighted by Crippen LogP contribution is -2.28. The fourth-order valence-electron chi connectivity index (χ4n) is 1.08. The Bertz CT molecular complexity index is 360. The van der Waals surface area contributed by atoms with Gasteiger partial charge in [0.1, 0.15) is 12.4 Å². The van der Waals surface area contributed by atoms with Gasteiger partial charge < -0.3 is 15.4 Å². The van der Waals surface area contributed by atoms with Crippen LogP contribution >= 0.6 is 0 Å². The van der Waals surface area contributed by atoms with Gasteiger partial charge in [0.2, 0.25) is 0 Å². The van der Waals surface area contributed by atoms with Crippen molar-refractivity contribution < 1.29 is 9.72 Å². The highest BCUT2D eigenvalue weighted by Gasteiger charge is 2.23. The summed E-state index contributed by atoms with van der Waals surface area (Å²) in [6, 6.07) is -0.636. The van der Waals surface area contributed by atoms with Crippen LogP contribution in [-0.2, 0) is 4.79 Å². The topological polar surface area (TPSA) is 90.1 Å². The number of carbonyl (C=O) groups is 1. The Labute approximate surface area is 79.9 Å². The van der Waals surface area contributed by atoms with Gasteiger partial charge in [-0.2, -0.15) is 0 Å². The van der Waals surface area contributed by atoms with E-state index in [0.717, 1.165) is 0 Å². The molecule has 0 saturated heterocycles. The van der Waals surface area contributed by atoms with Crippen LogP contribution in [0.3, 0.4) is 0 Å². The lowest BCUT2D eigenvalue weighted by Gasteiger charge is -2.08. The van der Waals surface area contributed by atoms with Gasteiger partial charge in [0.25, 0.3) is 5.91 Å². The fraction of sp³-hybridized carbons (Fsp3) is 0.429. The first kappa shape index (κ1) is 10.2. The van der Waals surface area contributed by atoms with Crippen LogP contribution in [0.2, 0.25) is 0 Å². The summed E-state index contributed by atoms with van der Waals surface area (Å²) in [5, 5.41) is 12.9. The molecule has 1 aromatic heterocycles. The largest absolute Gasteiger partial charge is 0.435 e. The second-order valence-electron chi connectivity index (χ2n) is 2.68. The van der Waals surface area contributed by atoms with E-state index in [1.165, 1.54) is 24.0 Å². The van der Waals surface area contributed by atoms with E-state index in [9.17, 15) is 14.9 Å². The number of hydrogen-bond donors (Lipinski definition) is 1. The van der Waals surface area contributed by atoms with Crippen molar-refractivity contribution in [1.82, 2.24) is 14.9 Å². The summed E-state index contributed by atoms with van der Waals surface area (Å²) in [5.74, 6) is -0.632. The number of hydrogen-bond acceptors (Lipinski definition) is 4. The van der Waals surface area contributed by atoms with Gasteiger partial charge in [-0.3, -0.25) is 4.79 Å². The van der Waals surface area contributed by atoms with E-state index < -0.39 is 11.0 Å². The van der Waals surface area contributed by atoms with E-state index in [-0.39, 0.29) is 11.9 Å². The molecule has 0 aliphatic rings. The van der Waals surface area contributed by atoms with Crippen LogP contribution < -0.4 is 5.32 Å². The van der Waals surface area contributed by atoms with E-state index in [4.69, 9.17) is 0 Å². The molecule has 0 aliphatic carbocycles. The van der Waals surface area contributed by atoms with Gasteiger partial charge in [-0.15, -0.1) is 0 Å². The van der Waals surface area contributed by atoms with Gasteiger partial charge in [0.15, 0.2) is 6.04 Å². The van der Waals surface area contributed by atoms with E-state index in [2.05, 4.69) is 10.3 Å². The lowest BCUT2D eigenvalue weighted by atomic mass is 10.3. The number of nitrogens with one attached hydrogen (secondary N) is 1. The molecule has 0 aliphatic heterocycles. The molecule has 0 aromatic carbocycles. The second kappa shape index (κ2) is 3.86. The van der Waals surface area contributed by atoms with Crippen molar-refractivity contribution >= 4 is 11.9 Å². The molecule has 0 radical (unpaired) electrons. The molecule has 1 amide bonds. The van der Waals surface area contributed by atoms with Crippen LogP contribution in [0.5, 0.6) is 0 Å². The minimum absolute atomic E-state index is 0.300. The third-order valence-electron chi connectivity index (χ3n) is 1.85. The first-order valence-electron chi connectivity index (χ1n) is 3.96. The molecule has 1 atom stereocenters. The van der Waals surface area contributed by atoms with E-state index >= 15 is 0 Å². The zero-order chi connectivity index (χ0) is 10.7. The van der Waals surface area contributed by atoms with Gasteiger partial charge >= 0.3 is 5.95 Å². The molecule has 0 saturated carbocycles. The summed E-state index contributed by atoms with van der Waals surface area (Å²) in [6.07, 6.45) is 2.69. The molecule has 1 N–H and O–H groups in total. The van der Waals surface area contributed by atoms with E-state index in [0.29, 0.717) is 0 Å². The molecular weight excluding hydrogens is 188 g/mol. The molecular formula is C7H10N4O3. The summed E-state index contributed by atoms with van der Waals surface area (Å²) >= 11 is 0.